The lowest BCUT2D eigenvalue weighted by atomic mass is 9.89. The molecule has 21 heavy (non-hydrogen) atoms. The number of likely N-dealkylation sites (tertiary alicyclic amines) is 1. The van der Waals surface area contributed by atoms with Crippen LogP contribution in [0.4, 0.5) is 9.18 Å². The molecule has 0 radical (unpaired) electrons. The van der Waals surface area contributed by atoms with E-state index in [4.69, 9.17) is 0 Å². The SMILES string of the molecule is O=C1NC(=O)C2(CCCN(C(=O)c3ccncc3F)C2)N1. The van der Waals surface area contributed by atoms with Crippen LogP contribution in [0.2, 0.25) is 0 Å². The molecule has 2 aliphatic heterocycles. The van der Waals surface area contributed by atoms with Crippen molar-refractivity contribution < 1.29 is 18.8 Å². The highest BCUT2D eigenvalue weighted by Gasteiger charge is 2.49. The molecule has 0 aliphatic carbocycles. The number of amides is 4. The van der Waals surface area contributed by atoms with E-state index in [1.54, 1.807) is 0 Å². The third kappa shape index (κ3) is 2.22. The Hall–Kier alpha value is -2.51. The van der Waals surface area contributed by atoms with Crippen LogP contribution >= 0.6 is 0 Å². The highest BCUT2D eigenvalue weighted by molar-refractivity contribution is 6.07. The van der Waals surface area contributed by atoms with Gasteiger partial charge in [0.05, 0.1) is 18.3 Å². The summed E-state index contributed by atoms with van der Waals surface area (Å²) >= 11 is 0. The molecule has 110 valence electrons. The number of pyridine rings is 1. The minimum Gasteiger partial charge on any atom is -0.336 e. The van der Waals surface area contributed by atoms with Gasteiger partial charge in [-0.05, 0) is 18.9 Å². The molecule has 3 heterocycles. The van der Waals surface area contributed by atoms with Crippen molar-refractivity contribution in [3.05, 3.63) is 29.8 Å². The Morgan fingerprint density at radius 3 is 2.90 bits per heavy atom. The van der Waals surface area contributed by atoms with Gasteiger partial charge in [-0.1, -0.05) is 0 Å². The highest BCUT2D eigenvalue weighted by atomic mass is 19.1. The van der Waals surface area contributed by atoms with Crippen LogP contribution < -0.4 is 10.6 Å². The van der Waals surface area contributed by atoms with Crippen LogP contribution in [-0.2, 0) is 4.79 Å². The Morgan fingerprint density at radius 2 is 2.24 bits per heavy atom. The zero-order valence-corrected chi connectivity index (χ0v) is 11.1. The molecule has 1 spiro atoms. The van der Waals surface area contributed by atoms with Crippen LogP contribution in [0.15, 0.2) is 18.5 Å². The molecule has 0 aromatic carbocycles. The molecular formula is C13H13FN4O3. The first-order valence-corrected chi connectivity index (χ1v) is 6.54. The average Bonchev–Trinajstić information content (AvgIpc) is 2.72. The van der Waals surface area contributed by atoms with Gasteiger partial charge in [0, 0.05) is 12.7 Å². The van der Waals surface area contributed by atoms with E-state index in [1.165, 1.54) is 17.2 Å². The zero-order chi connectivity index (χ0) is 15.0. The van der Waals surface area contributed by atoms with Gasteiger partial charge in [-0.2, -0.15) is 0 Å². The number of nitrogens with one attached hydrogen (secondary N) is 2. The average molecular weight is 292 g/mol. The van der Waals surface area contributed by atoms with Crippen LogP contribution in [0.1, 0.15) is 23.2 Å². The second kappa shape index (κ2) is 4.80. The van der Waals surface area contributed by atoms with Crippen molar-refractivity contribution in [2.45, 2.75) is 18.4 Å². The molecular weight excluding hydrogens is 279 g/mol. The van der Waals surface area contributed by atoms with E-state index in [1.807, 2.05) is 0 Å². The second-order valence-electron chi connectivity index (χ2n) is 5.18. The molecule has 7 nitrogen and oxygen atoms in total. The van der Waals surface area contributed by atoms with E-state index < -0.39 is 29.2 Å². The fourth-order valence-electron chi connectivity index (χ4n) is 2.76. The maximum atomic E-state index is 13.6. The van der Waals surface area contributed by atoms with Gasteiger partial charge in [0.25, 0.3) is 11.8 Å². The molecule has 2 saturated heterocycles. The summed E-state index contributed by atoms with van der Waals surface area (Å²) < 4.78 is 13.6. The minimum absolute atomic E-state index is 0.0329. The Labute approximate surface area is 119 Å². The van der Waals surface area contributed by atoms with Crippen molar-refractivity contribution in [3.63, 3.8) is 0 Å². The zero-order valence-electron chi connectivity index (χ0n) is 11.1. The summed E-state index contributed by atoms with van der Waals surface area (Å²) in [4.78, 5) is 40.6. The standard InChI is InChI=1S/C13H13FN4O3/c14-9-6-15-4-2-8(9)10(19)18-5-1-3-13(7-18)11(20)16-12(21)17-13/h2,4,6H,1,3,5,7H2,(H2,16,17,20,21). The summed E-state index contributed by atoms with van der Waals surface area (Å²) in [6, 6.07) is 0.732. The molecule has 3 rings (SSSR count). The quantitative estimate of drug-likeness (QED) is 0.715. The molecule has 1 aromatic rings. The van der Waals surface area contributed by atoms with Gasteiger partial charge in [-0.3, -0.25) is 19.9 Å². The third-order valence-electron chi connectivity index (χ3n) is 3.80. The molecule has 4 amide bonds. The van der Waals surface area contributed by atoms with Gasteiger partial charge < -0.3 is 10.2 Å². The largest absolute Gasteiger partial charge is 0.336 e. The molecule has 2 N–H and O–H groups in total. The van der Waals surface area contributed by atoms with Crippen LogP contribution in [0.25, 0.3) is 0 Å². The van der Waals surface area contributed by atoms with Crippen LogP contribution in [-0.4, -0.2) is 46.4 Å². The van der Waals surface area contributed by atoms with E-state index in [-0.39, 0.29) is 12.1 Å². The minimum atomic E-state index is -1.10. The number of nitrogens with zero attached hydrogens (tertiary/aromatic N) is 2. The molecule has 0 saturated carbocycles. The molecule has 1 aromatic heterocycles. The van der Waals surface area contributed by atoms with E-state index in [2.05, 4.69) is 15.6 Å². The van der Waals surface area contributed by atoms with Crippen molar-refractivity contribution in [2.24, 2.45) is 0 Å². The normalized spacial score (nSPS) is 24.9. The molecule has 1 unspecified atom stereocenters. The van der Waals surface area contributed by atoms with Crippen molar-refractivity contribution in [1.82, 2.24) is 20.5 Å². The van der Waals surface area contributed by atoms with Gasteiger partial charge in [0.15, 0.2) is 5.82 Å². The van der Waals surface area contributed by atoms with E-state index >= 15 is 0 Å². The smallest absolute Gasteiger partial charge is 0.322 e. The summed E-state index contributed by atoms with van der Waals surface area (Å²) in [5, 5.41) is 4.75. The van der Waals surface area contributed by atoms with Crippen LogP contribution in [0, 0.1) is 5.82 Å². The van der Waals surface area contributed by atoms with E-state index in [9.17, 15) is 18.8 Å². The lowest BCUT2D eigenvalue weighted by Crippen LogP contribution is -2.59. The van der Waals surface area contributed by atoms with Gasteiger partial charge in [-0.25, -0.2) is 9.18 Å². The molecule has 0 bridgehead atoms. The monoisotopic (exact) mass is 292 g/mol. The summed E-state index contributed by atoms with van der Waals surface area (Å²) in [6.07, 6.45) is 3.30. The predicted molar refractivity (Wildman–Crippen MR) is 68.7 cm³/mol. The molecule has 2 aliphatic rings. The summed E-state index contributed by atoms with van der Waals surface area (Å²) in [6.45, 7) is 0.441. The van der Waals surface area contributed by atoms with Gasteiger partial charge in [0.1, 0.15) is 5.54 Å². The van der Waals surface area contributed by atoms with Crippen molar-refractivity contribution in [1.29, 1.82) is 0 Å². The van der Waals surface area contributed by atoms with Crippen molar-refractivity contribution >= 4 is 17.8 Å². The topological polar surface area (TPSA) is 91.4 Å². The number of imide groups is 1. The van der Waals surface area contributed by atoms with Crippen molar-refractivity contribution in [2.75, 3.05) is 13.1 Å². The number of urea groups is 1. The Morgan fingerprint density at radius 1 is 1.43 bits per heavy atom. The first-order valence-electron chi connectivity index (χ1n) is 6.54. The van der Waals surface area contributed by atoms with Gasteiger partial charge in [0.2, 0.25) is 0 Å². The number of carbonyl (C=O) groups excluding carboxylic acids is 3. The highest BCUT2D eigenvalue weighted by Crippen LogP contribution is 2.25. The first kappa shape index (κ1) is 13.5. The van der Waals surface area contributed by atoms with Gasteiger partial charge in [-0.15, -0.1) is 0 Å². The maximum absolute atomic E-state index is 13.6. The predicted octanol–water partition coefficient (Wildman–Crippen LogP) is 0.0349. The number of piperidine rings is 1. The lowest BCUT2D eigenvalue weighted by Gasteiger charge is -2.38. The number of aromatic nitrogens is 1. The fourth-order valence-corrected chi connectivity index (χ4v) is 2.76. The maximum Gasteiger partial charge on any atom is 0.322 e. The van der Waals surface area contributed by atoms with Crippen LogP contribution in [0.3, 0.4) is 0 Å². The lowest BCUT2D eigenvalue weighted by molar-refractivity contribution is -0.125. The second-order valence-corrected chi connectivity index (χ2v) is 5.18. The molecule has 1 atom stereocenters. The summed E-state index contributed by atoms with van der Waals surface area (Å²) in [5.74, 6) is -1.66. The Bertz CT molecular complexity index is 636. The summed E-state index contributed by atoms with van der Waals surface area (Å²) in [5.41, 5.74) is -1.19. The van der Waals surface area contributed by atoms with E-state index in [0.717, 1.165) is 6.20 Å². The molecule has 2 fully saturated rings. The Kier molecular flexibility index (Phi) is 3.08. The number of halogens is 1. The number of carbonyl (C=O) groups is 3. The first-order chi connectivity index (χ1) is 10.0. The summed E-state index contributed by atoms with van der Waals surface area (Å²) in [7, 11) is 0. The number of hydrogen-bond donors (Lipinski definition) is 2. The fraction of sp³-hybridized carbons (Fsp3) is 0.385. The van der Waals surface area contributed by atoms with Crippen molar-refractivity contribution in [3.8, 4) is 0 Å². The van der Waals surface area contributed by atoms with Crippen LogP contribution in [0.5, 0.6) is 0 Å². The van der Waals surface area contributed by atoms with E-state index in [0.29, 0.717) is 19.4 Å². The third-order valence-corrected chi connectivity index (χ3v) is 3.80. The molecule has 8 heteroatoms. The number of rotatable bonds is 1. The number of hydrogen-bond acceptors (Lipinski definition) is 4. The van der Waals surface area contributed by atoms with Gasteiger partial charge >= 0.3 is 6.03 Å². The Balaban J connectivity index is 1.84.